The number of fused-ring (bicyclic) bond motifs is 2. The predicted molar refractivity (Wildman–Crippen MR) is 54.6 cm³/mol. The van der Waals surface area contributed by atoms with E-state index in [0.717, 1.165) is 12.1 Å². The summed E-state index contributed by atoms with van der Waals surface area (Å²) in [6, 6.07) is 8.08. The van der Waals surface area contributed by atoms with Crippen molar-refractivity contribution in [3.8, 4) is 0 Å². The Bertz CT molecular complexity index is 393. The largest absolute Gasteiger partial charge is 0.309 e. The number of hydrogen-bond acceptors (Lipinski definition) is 2. The molecule has 3 rings (SSSR count). The first kappa shape index (κ1) is 8.18. The van der Waals surface area contributed by atoms with Crippen molar-refractivity contribution in [3.05, 3.63) is 35.4 Å². The van der Waals surface area contributed by atoms with Crippen LogP contribution >= 0.6 is 0 Å². The van der Waals surface area contributed by atoms with Gasteiger partial charge in [0.05, 0.1) is 6.54 Å². The normalized spacial score (nSPS) is 23.0. The van der Waals surface area contributed by atoms with Crippen molar-refractivity contribution in [1.82, 2.24) is 5.32 Å². The van der Waals surface area contributed by atoms with Gasteiger partial charge >= 0.3 is 0 Å². The van der Waals surface area contributed by atoms with Crippen LogP contribution in [0.15, 0.2) is 24.3 Å². The molecule has 1 spiro atoms. The highest BCUT2D eigenvalue weighted by Crippen LogP contribution is 2.49. The Morgan fingerprint density at radius 1 is 1.21 bits per heavy atom. The van der Waals surface area contributed by atoms with E-state index in [1.807, 2.05) is 18.2 Å². The summed E-state index contributed by atoms with van der Waals surface area (Å²) in [5.41, 5.74) is 2.51. The van der Waals surface area contributed by atoms with Crippen LogP contribution in [0, 0.1) is 0 Å². The lowest BCUT2D eigenvalue weighted by atomic mass is 9.91. The number of rotatable bonds is 0. The van der Waals surface area contributed by atoms with Crippen molar-refractivity contribution in [1.29, 1.82) is 0 Å². The number of benzene rings is 1. The second kappa shape index (κ2) is 2.67. The van der Waals surface area contributed by atoms with E-state index in [4.69, 9.17) is 0 Å². The molecule has 0 radical (unpaired) electrons. The van der Waals surface area contributed by atoms with Crippen LogP contribution in [-0.4, -0.2) is 18.9 Å². The summed E-state index contributed by atoms with van der Waals surface area (Å²) >= 11 is 0. The molecule has 1 N–H and O–H groups in total. The smallest absolute Gasteiger partial charge is 0.176 e. The Hall–Kier alpha value is -1.15. The van der Waals surface area contributed by atoms with E-state index >= 15 is 0 Å². The van der Waals surface area contributed by atoms with Crippen molar-refractivity contribution in [2.45, 2.75) is 18.3 Å². The van der Waals surface area contributed by atoms with Gasteiger partial charge in [0.25, 0.3) is 0 Å². The van der Waals surface area contributed by atoms with Crippen molar-refractivity contribution < 1.29 is 4.79 Å². The van der Waals surface area contributed by atoms with Crippen molar-refractivity contribution in [2.75, 3.05) is 13.1 Å². The van der Waals surface area contributed by atoms with Crippen LogP contribution in [0.3, 0.4) is 0 Å². The number of ketones is 1. The van der Waals surface area contributed by atoms with E-state index in [1.165, 1.54) is 18.4 Å². The fraction of sp³-hybridized carbons (Fsp3) is 0.417. The predicted octanol–water partition coefficient (Wildman–Crippen LogP) is 1.50. The van der Waals surface area contributed by atoms with Gasteiger partial charge in [0.15, 0.2) is 5.78 Å². The standard InChI is InChI=1S/C12H13NO/c14-11-7-13-8-12(5-6-12)10-4-2-1-3-9(10)11/h1-4,13H,5-8H2. The van der Waals surface area contributed by atoms with E-state index in [2.05, 4.69) is 11.4 Å². The van der Waals surface area contributed by atoms with Gasteiger partial charge in [0.2, 0.25) is 0 Å². The summed E-state index contributed by atoms with van der Waals surface area (Å²) in [5, 5.41) is 3.25. The van der Waals surface area contributed by atoms with Gasteiger partial charge in [-0.25, -0.2) is 0 Å². The van der Waals surface area contributed by atoms with E-state index in [9.17, 15) is 4.79 Å². The molecule has 72 valence electrons. The average molecular weight is 187 g/mol. The molecule has 1 aromatic rings. The molecule has 2 heteroatoms. The molecule has 1 fully saturated rings. The highest BCUT2D eigenvalue weighted by molar-refractivity contribution is 5.99. The molecule has 1 aliphatic carbocycles. The Kier molecular flexibility index (Phi) is 1.56. The molecular formula is C12H13NO. The van der Waals surface area contributed by atoms with Crippen LogP contribution in [0.1, 0.15) is 28.8 Å². The molecule has 0 bridgehead atoms. The van der Waals surface area contributed by atoms with Gasteiger partial charge in [0.1, 0.15) is 0 Å². The molecule has 0 unspecified atom stereocenters. The number of carbonyl (C=O) groups excluding carboxylic acids is 1. The molecule has 2 nitrogen and oxygen atoms in total. The van der Waals surface area contributed by atoms with Gasteiger partial charge in [0, 0.05) is 17.5 Å². The van der Waals surface area contributed by atoms with Crippen molar-refractivity contribution in [2.24, 2.45) is 0 Å². The summed E-state index contributed by atoms with van der Waals surface area (Å²) < 4.78 is 0. The molecule has 0 aromatic heterocycles. The zero-order chi connectivity index (χ0) is 9.60. The third-order valence-corrected chi connectivity index (χ3v) is 3.40. The number of Topliss-reactive ketones (excluding diaryl/α,β-unsaturated/α-hetero) is 1. The molecule has 2 aliphatic rings. The first-order chi connectivity index (χ1) is 6.82. The number of hydrogen-bond donors (Lipinski definition) is 1. The summed E-state index contributed by atoms with van der Waals surface area (Å²) in [7, 11) is 0. The molecule has 1 heterocycles. The quantitative estimate of drug-likeness (QED) is 0.667. The lowest BCUT2D eigenvalue weighted by molar-refractivity contribution is 0.0994. The molecule has 0 saturated heterocycles. The lowest BCUT2D eigenvalue weighted by Crippen LogP contribution is -2.26. The first-order valence-electron chi connectivity index (χ1n) is 5.15. The zero-order valence-electron chi connectivity index (χ0n) is 8.05. The topological polar surface area (TPSA) is 29.1 Å². The molecule has 1 saturated carbocycles. The molecular weight excluding hydrogens is 174 g/mol. The summed E-state index contributed by atoms with van der Waals surface area (Å²) in [4.78, 5) is 11.8. The van der Waals surface area contributed by atoms with Gasteiger partial charge in [-0.1, -0.05) is 24.3 Å². The van der Waals surface area contributed by atoms with Crippen LogP contribution < -0.4 is 5.32 Å². The van der Waals surface area contributed by atoms with Crippen LogP contribution in [-0.2, 0) is 5.41 Å². The van der Waals surface area contributed by atoms with Crippen molar-refractivity contribution >= 4 is 5.78 Å². The maximum Gasteiger partial charge on any atom is 0.176 e. The number of carbonyl (C=O) groups is 1. The van der Waals surface area contributed by atoms with Crippen molar-refractivity contribution in [3.63, 3.8) is 0 Å². The van der Waals surface area contributed by atoms with Gasteiger partial charge in [-0.2, -0.15) is 0 Å². The van der Waals surface area contributed by atoms with E-state index < -0.39 is 0 Å². The third-order valence-electron chi connectivity index (χ3n) is 3.40. The Labute approximate surface area is 83.3 Å². The van der Waals surface area contributed by atoms with Crippen LogP contribution in [0.5, 0.6) is 0 Å². The number of nitrogens with one attached hydrogen (secondary N) is 1. The van der Waals surface area contributed by atoms with Gasteiger partial charge in [-0.15, -0.1) is 0 Å². The van der Waals surface area contributed by atoms with Crippen LogP contribution in [0.4, 0.5) is 0 Å². The van der Waals surface area contributed by atoms with Gasteiger partial charge in [-0.3, -0.25) is 4.79 Å². The fourth-order valence-corrected chi connectivity index (χ4v) is 2.39. The van der Waals surface area contributed by atoms with Crippen LogP contribution in [0.2, 0.25) is 0 Å². The maximum absolute atomic E-state index is 11.8. The molecule has 1 aliphatic heterocycles. The summed E-state index contributed by atoms with van der Waals surface area (Å²) in [6.07, 6.45) is 2.45. The highest BCUT2D eigenvalue weighted by atomic mass is 16.1. The summed E-state index contributed by atoms with van der Waals surface area (Å²) in [6.45, 7) is 1.47. The Morgan fingerprint density at radius 3 is 2.79 bits per heavy atom. The second-order valence-corrected chi connectivity index (χ2v) is 4.35. The molecule has 0 atom stereocenters. The van der Waals surface area contributed by atoms with Gasteiger partial charge < -0.3 is 5.32 Å². The van der Waals surface area contributed by atoms with Gasteiger partial charge in [-0.05, 0) is 18.4 Å². The Morgan fingerprint density at radius 2 is 2.00 bits per heavy atom. The van der Waals surface area contributed by atoms with E-state index in [0.29, 0.717) is 12.0 Å². The second-order valence-electron chi connectivity index (χ2n) is 4.35. The van der Waals surface area contributed by atoms with E-state index in [1.54, 1.807) is 0 Å². The SMILES string of the molecule is O=C1CNCC2(CC2)c2ccccc21. The maximum atomic E-state index is 11.8. The van der Waals surface area contributed by atoms with Crippen LogP contribution in [0.25, 0.3) is 0 Å². The molecule has 1 aromatic carbocycles. The minimum atomic E-state index is 0.240. The minimum Gasteiger partial charge on any atom is -0.309 e. The highest BCUT2D eigenvalue weighted by Gasteiger charge is 2.46. The average Bonchev–Trinajstić information content (AvgIpc) is 3.00. The first-order valence-corrected chi connectivity index (χ1v) is 5.15. The fourth-order valence-electron chi connectivity index (χ4n) is 2.39. The molecule has 0 amide bonds. The Balaban J connectivity index is 2.18. The minimum absolute atomic E-state index is 0.240. The van der Waals surface area contributed by atoms with E-state index in [-0.39, 0.29) is 5.78 Å². The molecule has 14 heavy (non-hydrogen) atoms. The zero-order valence-corrected chi connectivity index (χ0v) is 8.05. The lowest BCUT2D eigenvalue weighted by Gasteiger charge is -2.14. The third kappa shape index (κ3) is 1.04. The monoisotopic (exact) mass is 187 g/mol. The summed E-state index contributed by atoms with van der Waals surface area (Å²) in [5.74, 6) is 0.240.